The summed E-state index contributed by atoms with van der Waals surface area (Å²) in [5.41, 5.74) is 11.4. The van der Waals surface area contributed by atoms with Crippen LogP contribution in [0.3, 0.4) is 0 Å². The molecule has 0 saturated heterocycles. The molecule has 0 spiro atoms. The van der Waals surface area contributed by atoms with Gasteiger partial charge in [-0.25, -0.2) is 0 Å². The molecule has 0 atom stereocenters. The first-order valence-electron chi connectivity index (χ1n) is 24.0. The Balaban J connectivity index is 1.01. The molecule has 1 aliphatic heterocycles. The smallest absolute Gasteiger partial charge is 0.159 e. The third-order valence-corrected chi connectivity index (χ3v) is 14.4. The molecule has 11 aromatic carbocycles. The lowest BCUT2D eigenvalue weighted by Gasteiger charge is -2.31. The van der Waals surface area contributed by atoms with E-state index in [1.807, 2.05) is 54.6 Å². The molecule has 0 N–H and O–H groups in total. The first-order valence-corrected chi connectivity index (χ1v) is 24.0. The van der Waals surface area contributed by atoms with Crippen LogP contribution in [0.5, 0.6) is 5.75 Å². The zero-order valence-corrected chi connectivity index (χ0v) is 38.2. The standard InChI is InChI=1S/C65H40N2O4/c1-39-51(23-7-2-15-40-16-3-8-27-57(40)68-39)66(54-24-12-20-46-43-17-4-9-28-58(43)69-63(46)54)52-37-33-41-32-36-50-53(38-34-42-31-35-49(52)61(41)62(42)50)67(55-25-13-21-47-44-18-5-10-29-59(44)70-64(47)55)56-26-14-22-48-45-19-6-11-30-60(45)71-65(48)56/h2-14,16-38H,1,15H2/b7-2-,51-23+. The van der Waals surface area contributed by atoms with E-state index < -0.39 is 0 Å². The van der Waals surface area contributed by atoms with Gasteiger partial charge in [-0.05, 0) is 94.2 Å². The van der Waals surface area contributed by atoms with Gasteiger partial charge in [0.05, 0.1) is 34.1 Å². The molecule has 1 aliphatic rings. The van der Waals surface area contributed by atoms with E-state index in [1.165, 1.54) is 0 Å². The average molecular weight is 913 g/mol. The monoisotopic (exact) mass is 912 g/mol. The molecule has 15 rings (SSSR count). The molecule has 3 aromatic heterocycles. The van der Waals surface area contributed by atoms with E-state index in [4.69, 9.17) is 18.0 Å². The van der Waals surface area contributed by atoms with Gasteiger partial charge in [0.1, 0.15) is 28.3 Å². The average Bonchev–Trinajstić information content (AvgIpc) is 4.13. The highest BCUT2D eigenvalue weighted by atomic mass is 16.5. The summed E-state index contributed by atoms with van der Waals surface area (Å²) in [5, 5.41) is 13.0. The fourth-order valence-corrected chi connectivity index (χ4v) is 11.3. The molecule has 0 saturated carbocycles. The van der Waals surface area contributed by atoms with Gasteiger partial charge in [-0.1, -0.05) is 164 Å². The lowest BCUT2D eigenvalue weighted by atomic mass is 9.91. The number of nitrogens with zero attached hydrogens (tertiary/aromatic N) is 2. The maximum absolute atomic E-state index is 6.83. The van der Waals surface area contributed by atoms with Gasteiger partial charge >= 0.3 is 0 Å². The second kappa shape index (κ2) is 15.2. The number of hydrogen-bond acceptors (Lipinski definition) is 6. The summed E-state index contributed by atoms with van der Waals surface area (Å²) in [6, 6.07) is 70.2. The largest absolute Gasteiger partial charge is 0.455 e. The van der Waals surface area contributed by atoms with Crippen LogP contribution in [0.25, 0.3) is 98.1 Å². The molecule has 6 nitrogen and oxygen atoms in total. The SMILES string of the molecule is C=C1Oc2ccccc2C/C=C\C=C/1N(c1ccc2ccc3c(N(c4cccc5c4oc4ccccc45)c4cccc5c4oc4ccccc45)ccc4ccc1c2c43)c1cccc2c1oc1ccccc12. The Hall–Kier alpha value is -9.52. The zero-order valence-electron chi connectivity index (χ0n) is 38.2. The normalized spacial score (nSPS) is 14.4. The molecule has 0 amide bonds. The van der Waals surface area contributed by atoms with Crippen molar-refractivity contribution in [3.05, 3.63) is 242 Å². The van der Waals surface area contributed by atoms with E-state index in [-0.39, 0.29) is 0 Å². The van der Waals surface area contributed by atoms with Crippen molar-refractivity contribution >= 4 is 127 Å². The summed E-state index contributed by atoms with van der Waals surface area (Å²) in [5.74, 6) is 1.29. The summed E-state index contributed by atoms with van der Waals surface area (Å²) in [6.45, 7) is 4.64. The van der Waals surface area contributed by atoms with E-state index in [2.05, 4.69) is 180 Å². The first-order chi connectivity index (χ1) is 35.1. The number of allylic oxidation sites excluding steroid dienone is 3. The predicted molar refractivity (Wildman–Crippen MR) is 292 cm³/mol. The number of hydrogen-bond donors (Lipinski definition) is 0. The highest BCUT2D eigenvalue weighted by Gasteiger charge is 2.29. The number of ether oxygens (including phenoxy) is 1. The van der Waals surface area contributed by atoms with Crippen LogP contribution in [-0.4, -0.2) is 0 Å². The second-order valence-corrected chi connectivity index (χ2v) is 18.3. The summed E-state index contributed by atoms with van der Waals surface area (Å²) in [6.07, 6.45) is 7.12. The van der Waals surface area contributed by atoms with Crippen molar-refractivity contribution in [2.45, 2.75) is 6.42 Å². The van der Waals surface area contributed by atoms with Crippen molar-refractivity contribution in [1.82, 2.24) is 0 Å². The maximum atomic E-state index is 6.83. The van der Waals surface area contributed by atoms with Crippen molar-refractivity contribution in [3.63, 3.8) is 0 Å². The maximum Gasteiger partial charge on any atom is 0.159 e. The van der Waals surface area contributed by atoms with E-state index in [1.54, 1.807) is 0 Å². The van der Waals surface area contributed by atoms with Crippen LogP contribution in [-0.2, 0) is 6.42 Å². The van der Waals surface area contributed by atoms with Gasteiger partial charge in [-0.15, -0.1) is 0 Å². The minimum absolute atomic E-state index is 0.514. The molecular formula is C65H40N2O4. The molecule has 6 heteroatoms. The minimum atomic E-state index is 0.514. The number of benzene rings is 11. The Morgan fingerprint density at radius 3 is 1.34 bits per heavy atom. The second-order valence-electron chi connectivity index (χ2n) is 18.3. The Kier molecular flexibility index (Phi) is 8.47. The van der Waals surface area contributed by atoms with Crippen molar-refractivity contribution in [1.29, 1.82) is 0 Å². The third kappa shape index (κ3) is 5.88. The van der Waals surface area contributed by atoms with E-state index >= 15 is 0 Å². The van der Waals surface area contributed by atoms with Crippen LogP contribution in [0.4, 0.5) is 28.4 Å². The van der Waals surface area contributed by atoms with Crippen LogP contribution >= 0.6 is 0 Å². The van der Waals surface area contributed by atoms with Crippen LogP contribution < -0.4 is 14.5 Å². The number of anilines is 5. The fourth-order valence-electron chi connectivity index (χ4n) is 11.3. The van der Waals surface area contributed by atoms with Crippen LogP contribution in [0.1, 0.15) is 5.56 Å². The number of fused-ring (bicyclic) bond motifs is 10. The summed E-state index contributed by atoms with van der Waals surface area (Å²) in [4.78, 5) is 4.61. The predicted octanol–water partition coefficient (Wildman–Crippen LogP) is 18.5. The van der Waals surface area contributed by atoms with Gasteiger partial charge < -0.3 is 27.8 Å². The number of rotatable bonds is 6. The van der Waals surface area contributed by atoms with Gasteiger partial charge in [0, 0.05) is 43.1 Å². The number of para-hydroxylation sites is 7. The highest BCUT2D eigenvalue weighted by Crippen LogP contribution is 2.51. The zero-order chi connectivity index (χ0) is 46.7. The van der Waals surface area contributed by atoms with Gasteiger partial charge in [0.15, 0.2) is 16.7 Å². The summed E-state index contributed by atoms with van der Waals surface area (Å²) >= 11 is 0. The molecule has 0 unspecified atom stereocenters. The van der Waals surface area contributed by atoms with E-state index in [0.29, 0.717) is 5.76 Å². The molecule has 71 heavy (non-hydrogen) atoms. The molecule has 334 valence electrons. The Labute approximate surface area is 406 Å². The summed E-state index contributed by atoms with van der Waals surface area (Å²) < 4.78 is 27.3. The molecule has 0 bridgehead atoms. The minimum Gasteiger partial charge on any atom is -0.455 e. The topological polar surface area (TPSA) is 55.1 Å². The van der Waals surface area contributed by atoms with Gasteiger partial charge in [-0.3, -0.25) is 0 Å². The molecule has 0 fully saturated rings. The number of furan rings is 3. The fraction of sp³-hybridized carbons (Fsp3) is 0.0154. The molecule has 0 aliphatic carbocycles. The Bertz CT molecular complexity index is 4470. The van der Waals surface area contributed by atoms with Crippen molar-refractivity contribution in [2.75, 3.05) is 9.80 Å². The third-order valence-electron chi connectivity index (χ3n) is 14.4. The quantitative estimate of drug-likeness (QED) is 0.155. The van der Waals surface area contributed by atoms with Crippen molar-refractivity contribution in [2.24, 2.45) is 0 Å². The molecule has 4 heterocycles. The van der Waals surface area contributed by atoms with Gasteiger partial charge in [0.25, 0.3) is 0 Å². The van der Waals surface area contributed by atoms with Crippen molar-refractivity contribution < 1.29 is 18.0 Å². The van der Waals surface area contributed by atoms with E-state index in [0.717, 1.165) is 150 Å². The summed E-state index contributed by atoms with van der Waals surface area (Å²) in [7, 11) is 0. The van der Waals surface area contributed by atoms with Crippen LogP contribution in [0.15, 0.2) is 250 Å². The van der Waals surface area contributed by atoms with E-state index in [9.17, 15) is 0 Å². The highest BCUT2D eigenvalue weighted by molar-refractivity contribution is 6.29. The van der Waals surface area contributed by atoms with Gasteiger partial charge in [0.2, 0.25) is 0 Å². The van der Waals surface area contributed by atoms with Crippen LogP contribution in [0.2, 0.25) is 0 Å². The molecule has 14 aromatic rings. The van der Waals surface area contributed by atoms with Crippen LogP contribution in [0, 0.1) is 0 Å². The van der Waals surface area contributed by atoms with Gasteiger partial charge in [-0.2, -0.15) is 0 Å². The first kappa shape index (κ1) is 39.5. The molecule has 0 radical (unpaired) electrons. The Morgan fingerprint density at radius 2 is 0.803 bits per heavy atom. The van der Waals surface area contributed by atoms with Crippen molar-refractivity contribution in [3.8, 4) is 5.75 Å². The lowest BCUT2D eigenvalue weighted by Crippen LogP contribution is -2.20. The molecular weight excluding hydrogens is 873 g/mol. The lowest BCUT2D eigenvalue weighted by molar-refractivity contribution is 0.433. The Morgan fingerprint density at radius 1 is 0.366 bits per heavy atom.